The van der Waals surface area contributed by atoms with Gasteiger partial charge in [0.1, 0.15) is 0 Å². The minimum absolute atomic E-state index is 0.155. The molecule has 1 amide bonds. The number of hydrogen-bond acceptors (Lipinski definition) is 6. The third kappa shape index (κ3) is 4.86. The monoisotopic (exact) mass is 399 g/mol. The maximum absolute atomic E-state index is 12.3. The molecule has 2 aromatic heterocycles. The van der Waals surface area contributed by atoms with Crippen molar-refractivity contribution in [1.29, 1.82) is 0 Å². The van der Waals surface area contributed by atoms with E-state index in [1.54, 1.807) is 18.3 Å². The molecule has 4 rings (SSSR count). The molecule has 1 aliphatic rings. The van der Waals surface area contributed by atoms with Crippen molar-refractivity contribution < 1.29 is 8.98 Å². The second-order valence-corrected chi connectivity index (χ2v) is 7.73. The first-order valence-electron chi connectivity index (χ1n) is 9.38. The molecule has 3 aromatic rings. The third-order valence-electron chi connectivity index (χ3n) is 4.71. The van der Waals surface area contributed by atoms with E-state index in [2.05, 4.69) is 25.7 Å². The molecule has 1 saturated heterocycles. The molecule has 0 atom stereocenters. The molecule has 0 unspecified atom stereocenters. The van der Waals surface area contributed by atoms with Gasteiger partial charge in [-0.15, -0.1) is 5.10 Å². The number of amides is 1. The number of tetrazole rings is 1. The zero-order chi connectivity index (χ0) is 19.2. The summed E-state index contributed by atoms with van der Waals surface area (Å²) in [5.41, 5.74) is 2.11. The van der Waals surface area contributed by atoms with Crippen LogP contribution >= 0.6 is 0 Å². The lowest BCUT2D eigenvalue weighted by molar-refractivity contribution is 0.0951. The molecule has 3 heterocycles. The minimum atomic E-state index is -0.155. The lowest BCUT2D eigenvalue weighted by Crippen LogP contribution is -2.31. The first-order chi connectivity index (χ1) is 13.8. The number of fused-ring (bicyclic) bond motifs is 1. The standard InChI is InChI=1S/C19H22N6O2S/c26-19(16-8-11-25-18(12-16)21-22-23-25)20-13-15-4-6-17(7-5-15)28-27-14-24-9-2-1-3-10-24/h4-8,11-12H,1-3,9-10,13-14H2,(H,20,26)/p+1. The van der Waals surface area contributed by atoms with Crippen molar-refractivity contribution in [2.75, 3.05) is 19.8 Å². The second kappa shape index (κ2) is 9.13. The Morgan fingerprint density at radius 2 is 1.96 bits per heavy atom. The zero-order valence-corrected chi connectivity index (χ0v) is 16.4. The molecule has 1 aliphatic heterocycles. The van der Waals surface area contributed by atoms with Gasteiger partial charge in [0.05, 0.1) is 0 Å². The van der Waals surface area contributed by atoms with Crippen LogP contribution in [0.15, 0.2) is 47.5 Å². The van der Waals surface area contributed by atoms with Crippen LogP contribution in [0.25, 0.3) is 5.65 Å². The Kier molecular flexibility index (Phi) is 6.15. The molecular formula is C19H23N6O2S+. The van der Waals surface area contributed by atoms with Gasteiger partial charge >= 0.3 is 0 Å². The summed E-state index contributed by atoms with van der Waals surface area (Å²) in [6.07, 6.45) is 5.54. The van der Waals surface area contributed by atoms with E-state index < -0.39 is 0 Å². The number of hydrogen-bond donors (Lipinski definition) is 1. The van der Waals surface area contributed by atoms with E-state index >= 15 is 0 Å². The highest BCUT2D eigenvalue weighted by Gasteiger charge is 2.13. The van der Waals surface area contributed by atoms with Crippen molar-refractivity contribution >= 4 is 23.6 Å². The number of piperidine rings is 1. The minimum Gasteiger partial charge on any atom is -0.348 e. The number of rotatable bonds is 7. The molecule has 1 N–H and O–H groups in total. The first kappa shape index (κ1) is 18.9. The van der Waals surface area contributed by atoms with Gasteiger partial charge in [0, 0.05) is 31.4 Å². The van der Waals surface area contributed by atoms with E-state index in [0.717, 1.165) is 35.6 Å². The van der Waals surface area contributed by atoms with Gasteiger partial charge in [-0.25, -0.2) is 4.52 Å². The Morgan fingerprint density at radius 1 is 1.14 bits per heavy atom. The van der Waals surface area contributed by atoms with Crippen LogP contribution in [0, 0.1) is 0 Å². The van der Waals surface area contributed by atoms with E-state index in [0.29, 0.717) is 24.5 Å². The number of nitrogens with one attached hydrogen (secondary N) is 1. The Morgan fingerprint density at radius 3 is 2.79 bits per heavy atom. The molecule has 28 heavy (non-hydrogen) atoms. The van der Waals surface area contributed by atoms with Crippen LogP contribution in [-0.4, -0.2) is 50.7 Å². The Balaban J connectivity index is 1.24. The van der Waals surface area contributed by atoms with Gasteiger partial charge in [0.15, 0.2) is 29.3 Å². The summed E-state index contributed by atoms with van der Waals surface area (Å²) in [7, 11) is 0. The van der Waals surface area contributed by atoms with Crippen LogP contribution in [0.2, 0.25) is 0 Å². The fourth-order valence-corrected chi connectivity index (χ4v) is 3.75. The van der Waals surface area contributed by atoms with Gasteiger partial charge in [-0.3, -0.25) is 9.69 Å². The van der Waals surface area contributed by atoms with E-state index in [9.17, 15) is 4.79 Å². The summed E-state index contributed by atoms with van der Waals surface area (Å²) in [4.78, 5) is 15.8. The zero-order valence-electron chi connectivity index (χ0n) is 15.5. The van der Waals surface area contributed by atoms with Crippen LogP contribution < -0.4 is 5.32 Å². The third-order valence-corrected chi connectivity index (χ3v) is 5.46. The lowest BCUT2D eigenvalue weighted by Gasteiger charge is -2.23. The molecule has 9 heteroatoms. The number of thiol groups is 1. The normalized spacial score (nSPS) is 15.0. The quantitative estimate of drug-likeness (QED) is 0.480. The maximum Gasteiger partial charge on any atom is 0.251 e. The van der Waals surface area contributed by atoms with Gasteiger partial charge in [0.2, 0.25) is 0 Å². The maximum atomic E-state index is 12.3. The van der Waals surface area contributed by atoms with Gasteiger partial charge in [0.25, 0.3) is 5.91 Å². The van der Waals surface area contributed by atoms with Crippen LogP contribution in [0.3, 0.4) is 0 Å². The highest BCUT2D eigenvalue weighted by molar-refractivity contribution is 7.73. The number of carbonyl (C=O) groups is 1. The van der Waals surface area contributed by atoms with E-state index in [1.165, 1.54) is 23.8 Å². The number of nitrogens with zero attached hydrogens (tertiary/aromatic N) is 5. The Bertz CT molecular complexity index is 924. The second-order valence-electron chi connectivity index (χ2n) is 6.77. The van der Waals surface area contributed by atoms with E-state index in [-0.39, 0.29) is 5.91 Å². The van der Waals surface area contributed by atoms with E-state index in [4.69, 9.17) is 4.18 Å². The topological polar surface area (TPSA) is 84.7 Å². The highest BCUT2D eigenvalue weighted by Crippen LogP contribution is 2.11. The predicted octanol–water partition coefficient (Wildman–Crippen LogP) is 1.60. The van der Waals surface area contributed by atoms with Crippen LogP contribution in [-0.2, 0) is 22.8 Å². The first-order valence-corrected chi connectivity index (χ1v) is 10.2. The Hall–Kier alpha value is -2.49. The lowest BCUT2D eigenvalue weighted by atomic mass is 10.1. The number of carbonyl (C=O) groups excluding carboxylic acids is 1. The fourth-order valence-electron chi connectivity index (χ4n) is 3.11. The van der Waals surface area contributed by atoms with Crippen LogP contribution in [0.5, 0.6) is 0 Å². The summed E-state index contributed by atoms with van der Waals surface area (Å²) in [6.45, 7) is 3.41. The molecule has 0 saturated carbocycles. The van der Waals surface area contributed by atoms with Gasteiger partial charge in [-0.1, -0.05) is 18.6 Å². The summed E-state index contributed by atoms with van der Waals surface area (Å²) in [5, 5.41) is 14.1. The average Bonchev–Trinajstić information content (AvgIpc) is 3.21. The van der Waals surface area contributed by atoms with E-state index in [1.807, 2.05) is 24.3 Å². The van der Waals surface area contributed by atoms with Crippen molar-refractivity contribution in [3.8, 4) is 0 Å². The molecule has 0 radical (unpaired) electrons. The number of benzene rings is 1. The molecule has 8 nitrogen and oxygen atoms in total. The van der Waals surface area contributed by atoms with Gasteiger partial charge in [-0.2, -0.15) is 4.18 Å². The fraction of sp³-hybridized carbons (Fsp3) is 0.368. The van der Waals surface area contributed by atoms with Gasteiger partial charge in [-0.05, 0) is 53.1 Å². The molecule has 1 aromatic carbocycles. The molecule has 0 bridgehead atoms. The largest absolute Gasteiger partial charge is 0.348 e. The van der Waals surface area contributed by atoms with Crippen LogP contribution in [0.1, 0.15) is 35.2 Å². The smallest absolute Gasteiger partial charge is 0.251 e. The Labute approximate surface area is 167 Å². The van der Waals surface area contributed by atoms with Crippen LogP contribution in [0.4, 0.5) is 0 Å². The highest BCUT2D eigenvalue weighted by atomic mass is 32.2. The summed E-state index contributed by atoms with van der Waals surface area (Å²) < 4.78 is 7.31. The molecule has 0 spiro atoms. The molecule has 1 fully saturated rings. The average molecular weight is 400 g/mol. The van der Waals surface area contributed by atoms with Crippen molar-refractivity contribution in [1.82, 2.24) is 30.3 Å². The van der Waals surface area contributed by atoms with Crippen molar-refractivity contribution in [3.05, 3.63) is 53.7 Å². The van der Waals surface area contributed by atoms with Crippen molar-refractivity contribution in [2.45, 2.75) is 30.7 Å². The molecular weight excluding hydrogens is 376 g/mol. The van der Waals surface area contributed by atoms with Gasteiger partial charge < -0.3 is 5.32 Å². The number of pyridine rings is 1. The summed E-state index contributed by atoms with van der Waals surface area (Å²) in [5.74, 6) is -0.155. The summed E-state index contributed by atoms with van der Waals surface area (Å²) >= 11 is 0.870. The molecule has 0 aliphatic carbocycles. The number of likely N-dealkylation sites (tertiary alicyclic amines) is 1. The predicted molar refractivity (Wildman–Crippen MR) is 107 cm³/mol. The summed E-state index contributed by atoms with van der Waals surface area (Å²) in [6, 6.07) is 11.5. The SMILES string of the molecule is O=C(NCc1ccc([SH+]OCN2CCCCC2)cc1)c1ccn2nnnc2c1. The molecule has 146 valence electrons. The van der Waals surface area contributed by atoms with Crippen molar-refractivity contribution in [2.24, 2.45) is 0 Å². The van der Waals surface area contributed by atoms with Crippen molar-refractivity contribution in [3.63, 3.8) is 0 Å². The number of aromatic nitrogens is 4.